The van der Waals surface area contributed by atoms with Crippen molar-refractivity contribution in [1.29, 1.82) is 0 Å². The number of rotatable bonds is 3. The van der Waals surface area contributed by atoms with Crippen molar-refractivity contribution in [2.45, 2.75) is 13.5 Å². The lowest BCUT2D eigenvalue weighted by Crippen LogP contribution is -2.16. The predicted octanol–water partition coefficient (Wildman–Crippen LogP) is 3.64. The molecule has 0 aliphatic rings. The first-order valence-corrected chi connectivity index (χ1v) is 6.99. The van der Waals surface area contributed by atoms with Gasteiger partial charge in [-0.3, -0.25) is 0 Å². The van der Waals surface area contributed by atoms with Crippen molar-refractivity contribution in [3.8, 4) is 0 Å². The number of hydrogen-bond acceptors (Lipinski definition) is 4. The monoisotopic (exact) mass is 269 g/mol. The zero-order chi connectivity index (χ0) is 13.2. The van der Waals surface area contributed by atoms with E-state index in [1.165, 1.54) is 27.9 Å². The zero-order valence-electron chi connectivity index (χ0n) is 11.0. The molecule has 0 fully saturated rings. The second-order valence-corrected chi connectivity index (χ2v) is 5.35. The van der Waals surface area contributed by atoms with Gasteiger partial charge < -0.3 is 4.90 Å². The summed E-state index contributed by atoms with van der Waals surface area (Å²) in [5.74, 6) is 0.838. The van der Waals surface area contributed by atoms with E-state index in [4.69, 9.17) is 0 Å². The number of nitrogens with zero attached hydrogens (tertiary/aromatic N) is 3. The summed E-state index contributed by atoms with van der Waals surface area (Å²) in [7, 11) is 2.06. The van der Waals surface area contributed by atoms with Crippen LogP contribution in [0.3, 0.4) is 0 Å². The average Bonchev–Trinajstić information content (AvgIpc) is 2.86. The van der Waals surface area contributed by atoms with Gasteiger partial charge in [-0.25, -0.2) is 4.98 Å². The Morgan fingerprint density at radius 1 is 1.11 bits per heavy atom. The molecule has 3 rings (SSSR count). The molecule has 0 aliphatic heterocycles. The third-order valence-electron chi connectivity index (χ3n) is 3.13. The van der Waals surface area contributed by atoms with Crippen LogP contribution in [-0.4, -0.2) is 16.4 Å². The van der Waals surface area contributed by atoms with Crippen molar-refractivity contribution < 1.29 is 0 Å². The highest BCUT2D eigenvalue weighted by Gasteiger charge is 2.08. The fourth-order valence-electron chi connectivity index (χ4n) is 2.19. The van der Waals surface area contributed by atoms with Crippen LogP contribution < -0.4 is 4.90 Å². The zero-order valence-corrected chi connectivity index (χ0v) is 11.8. The van der Waals surface area contributed by atoms with Gasteiger partial charge in [0, 0.05) is 25.1 Å². The van der Waals surface area contributed by atoms with Crippen LogP contribution in [0.25, 0.3) is 10.8 Å². The molecule has 19 heavy (non-hydrogen) atoms. The lowest BCUT2D eigenvalue weighted by Gasteiger charge is -2.16. The Hall–Kier alpha value is -1.94. The summed E-state index contributed by atoms with van der Waals surface area (Å²) in [5, 5.41) is 3.55. The van der Waals surface area contributed by atoms with E-state index in [0.717, 1.165) is 17.5 Å². The molecule has 3 nitrogen and oxygen atoms in total. The van der Waals surface area contributed by atoms with E-state index in [9.17, 15) is 0 Å². The molecule has 0 radical (unpaired) electrons. The van der Waals surface area contributed by atoms with Gasteiger partial charge in [0.05, 0.1) is 0 Å². The van der Waals surface area contributed by atoms with Crippen LogP contribution >= 0.6 is 11.5 Å². The van der Waals surface area contributed by atoms with Gasteiger partial charge in [-0.2, -0.15) is 4.37 Å². The topological polar surface area (TPSA) is 29.0 Å². The van der Waals surface area contributed by atoms with Crippen molar-refractivity contribution in [3.05, 3.63) is 53.9 Å². The van der Waals surface area contributed by atoms with Crippen LogP contribution in [0.1, 0.15) is 11.4 Å². The van der Waals surface area contributed by atoms with Crippen molar-refractivity contribution in [2.24, 2.45) is 0 Å². The van der Waals surface area contributed by atoms with Crippen molar-refractivity contribution in [1.82, 2.24) is 9.36 Å². The highest BCUT2D eigenvalue weighted by molar-refractivity contribution is 7.09. The minimum Gasteiger partial charge on any atom is -0.346 e. The molecular formula is C15H15N3S. The summed E-state index contributed by atoms with van der Waals surface area (Å²) >= 11 is 1.45. The summed E-state index contributed by atoms with van der Waals surface area (Å²) in [4.78, 5) is 6.57. The van der Waals surface area contributed by atoms with E-state index in [1.54, 1.807) is 0 Å². The first-order chi connectivity index (χ1) is 9.24. The van der Waals surface area contributed by atoms with E-state index in [2.05, 4.69) is 63.8 Å². The molecule has 0 saturated carbocycles. The Kier molecular flexibility index (Phi) is 3.17. The molecule has 2 aromatic carbocycles. The number of aromatic nitrogens is 2. The molecule has 0 saturated heterocycles. The van der Waals surface area contributed by atoms with Crippen molar-refractivity contribution in [3.63, 3.8) is 0 Å². The molecule has 0 bridgehead atoms. The number of aryl methyl sites for hydroxylation is 1. The first kappa shape index (κ1) is 12.1. The molecule has 0 N–H and O–H groups in total. The van der Waals surface area contributed by atoms with Gasteiger partial charge >= 0.3 is 0 Å². The molecule has 0 aliphatic carbocycles. The fourth-order valence-corrected chi connectivity index (χ4v) is 2.83. The number of anilines is 1. The molecule has 0 amide bonds. The Labute approximate surface area is 116 Å². The Morgan fingerprint density at radius 3 is 2.68 bits per heavy atom. The Bertz CT molecular complexity index is 700. The van der Waals surface area contributed by atoms with Crippen LogP contribution in [0.4, 0.5) is 5.13 Å². The number of hydrogen-bond donors (Lipinski definition) is 0. The summed E-state index contributed by atoms with van der Waals surface area (Å²) < 4.78 is 4.23. The van der Waals surface area contributed by atoms with E-state index >= 15 is 0 Å². The van der Waals surface area contributed by atoms with Crippen molar-refractivity contribution >= 4 is 27.4 Å². The van der Waals surface area contributed by atoms with Gasteiger partial charge in [0.2, 0.25) is 5.13 Å². The lowest BCUT2D eigenvalue weighted by molar-refractivity contribution is 0.916. The standard InChI is InChI=1S/C15H15N3S/c1-11-16-15(19-17-11)18(2)10-13-8-5-7-12-6-3-4-9-14(12)13/h3-9H,10H2,1-2H3. The van der Waals surface area contributed by atoms with E-state index in [0.29, 0.717) is 0 Å². The minimum atomic E-state index is 0.838. The molecule has 3 aromatic rings. The van der Waals surface area contributed by atoms with Crippen LogP contribution in [0.15, 0.2) is 42.5 Å². The molecule has 1 heterocycles. The molecule has 0 unspecified atom stereocenters. The Balaban J connectivity index is 1.93. The van der Waals surface area contributed by atoms with Gasteiger partial charge in [0.15, 0.2) is 0 Å². The molecule has 0 atom stereocenters. The molecular weight excluding hydrogens is 254 g/mol. The van der Waals surface area contributed by atoms with Gasteiger partial charge in [-0.15, -0.1) is 0 Å². The third-order valence-corrected chi connectivity index (χ3v) is 4.05. The van der Waals surface area contributed by atoms with Gasteiger partial charge in [0.25, 0.3) is 0 Å². The maximum absolute atomic E-state index is 4.42. The summed E-state index contributed by atoms with van der Waals surface area (Å²) in [6.07, 6.45) is 0. The van der Waals surface area contributed by atoms with E-state index in [1.807, 2.05) is 6.92 Å². The maximum atomic E-state index is 4.42. The first-order valence-electron chi connectivity index (χ1n) is 6.22. The lowest BCUT2D eigenvalue weighted by atomic mass is 10.0. The number of fused-ring (bicyclic) bond motifs is 1. The molecule has 4 heteroatoms. The smallest absolute Gasteiger partial charge is 0.205 e. The summed E-state index contributed by atoms with van der Waals surface area (Å²) in [6.45, 7) is 2.77. The summed E-state index contributed by atoms with van der Waals surface area (Å²) in [6, 6.07) is 14.9. The van der Waals surface area contributed by atoms with Crippen LogP contribution in [-0.2, 0) is 6.54 Å². The van der Waals surface area contributed by atoms with Crippen molar-refractivity contribution in [2.75, 3.05) is 11.9 Å². The van der Waals surface area contributed by atoms with Crippen LogP contribution in [0.2, 0.25) is 0 Å². The molecule has 1 aromatic heterocycles. The fraction of sp³-hybridized carbons (Fsp3) is 0.200. The second-order valence-electron chi connectivity index (χ2n) is 4.62. The van der Waals surface area contributed by atoms with Gasteiger partial charge in [0.1, 0.15) is 5.82 Å². The quantitative estimate of drug-likeness (QED) is 0.727. The Morgan fingerprint density at radius 2 is 1.89 bits per heavy atom. The van der Waals surface area contributed by atoms with Gasteiger partial charge in [-0.1, -0.05) is 42.5 Å². The summed E-state index contributed by atoms with van der Waals surface area (Å²) in [5.41, 5.74) is 1.31. The maximum Gasteiger partial charge on any atom is 0.205 e. The number of benzene rings is 2. The highest BCUT2D eigenvalue weighted by atomic mass is 32.1. The third kappa shape index (κ3) is 2.44. The van der Waals surface area contributed by atoms with E-state index in [-0.39, 0.29) is 0 Å². The minimum absolute atomic E-state index is 0.838. The SMILES string of the molecule is Cc1nsc(N(C)Cc2cccc3ccccc23)n1. The predicted molar refractivity (Wildman–Crippen MR) is 80.7 cm³/mol. The van der Waals surface area contributed by atoms with Crippen LogP contribution in [0, 0.1) is 6.92 Å². The second kappa shape index (κ2) is 4.97. The largest absolute Gasteiger partial charge is 0.346 e. The molecule has 0 spiro atoms. The highest BCUT2D eigenvalue weighted by Crippen LogP contribution is 2.23. The van der Waals surface area contributed by atoms with Crippen LogP contribution in [0.5, 0.6) is 0 Å². The van der Waals surface area contributed by atoms with E-state index < -0.39 is 0 Å². The normalized spacial score (nSPS) is 10.8. The molecule has 96 valence electrons. The average molecular weight is 269 g/mol. The van der Waals surface area contributed by atoms with Gasteiger partial charge in [-0.05, 0) is 23.3 Å².